The molecule has 1 amide bonds. The number of fused-ring (bicyclic) bond motifs is 1. The van der Waals surface area contributed by atoms with Gasteiger partial charge in [0.25, 0.3) is 0 Å². The summed E-state index contributed by atoms with van der Waals surface area (Å²) in [6.45, 7) is 2.70. The van der Waals surface area contributed by atoms with Crippen LogP contribution in [0, 0.1) is 0 Å². The van der Waals surface area contributed by atoms with Crippen LogP contribution in [0.4, 0.5) is 0 Å². The van der Waals surface area contributed by atoms with Gasteiger partial charge in [0, 0.05) is 48.8 Å². The molecule has 5 heteroatoms. The largest absolute Gasteiger partial charge is 0.342 e. The van der Waals surface area contributed by atoms with E-state index in [1.807, 2.05) is 18.2 Å². The Kier molecular flexibility index (Phi) is 5.07. The van der Waals surface area contributed by atoms with Crippen molar-refractivity contribution in [3.63, 3.8) is 0 Å². The minimum absolute atomic E-state index is 0.308. The number of carbonyl (C=O) groups excluding carboxylic acids is 1. The molecule has 0 radical (unpaired) electrons. The quantitative estimate of drug-likeness (QED) is 0.924. The SMILES string of the molecule is CN1CCCCC1CC(=O)N1CCc2[nH]nc(-c3ccccc3)c2CC1. The first kappa shape index (κ1) is 17.3. The van der Waals surface area contributed by atoms with Crippen molar-refractivity contribution in [3.05, 3.63) is 41.6 Å². The highest BCUT2D eigenvalue weighted by molar-refractivity contribution is 5.77. The van der Waals surface area contributed by atoms with Crippen molar-refractivity contribution in [3.8, 4) is 11.3 Å². The molecule has 1 fully saturated rings. The average molecular weight is 352 g/mol. The van der Waals surface area contributed by atoms with Gasteiger partial charge in [-0.25, -0.2) is 0 Å². The van der Waals surface area contributed by atoms with Gasteiger partial charge < -0.3 is 9.80 Å². The molecule has 1 atom stereocenters. The standard InChI is InChI=1S/C21H28N4O/c1-24-12-6-5-9-17(24)15-20(26)25-13-10-18-19(11-14-25)22-23-21(18)16-7-3-2-4-8-16/h2-4,7-8,17H,5-6,9-15H2,1H3,(H,22,23). The maximum absolute atomic E-state index is 12.9. The molecule has 2 aliphatic heterocycles. The number of piperidine rings is 1. The van der Waals surface area contributed by atoms with E-state index in [9.17, 15) is 4.79 Å². The van der Waals surface area contributed by atoms with Crippen LogP contribution in [-0.2, 0) is 17.6 Å². The molecule has 1 saturated heterocycles. The van der Waals surface area contributed by atoms with E-state index in [1.165, 1.54) is 24.1 Å². The first-order chi connectivity index (χ1) is 12.7. The Labute approximate surface area is 155 Å². The molecule has 4 rings (SSSR count). The molecular weight excluding hydrogens is 324 g/mol. The first-order valence-electron chi connectivity index (χ1n) is 9.82. The summed E-state index contributed by atoms with van der Waals surface area (Å²) in [7, 11) is 2.15. The highest BCUT2D eigenvalue weighted by atomic mass is 16.2. The zero-order valence-corrected chi connectivity index (χ0v) is 15.6. The van der Waals surface area contributed by atoms with Crippen LogP contribution >= 0.6 is 0 Å². The number of carbonyl (C=O) groups is 1. The van der Waals surface area contributed by atoms with Gasteiger partial charge in [-0.1, -0.05) is 36.8 Å². The summed E-state index contributed by atoms with van der Waals surface area (Å²) < 4.78 is 0. The second-order valence-corrected chi connectivity index (χ2v) is 7.61. The Morgan fingerprint density at radius 3 is 2.77 bits per heavy atom. The van der Waals surface area contributed by atoms with Gasteiger partial charge in [-0.3, -0.25) is 9.89 Å². The topological polar surface area (TPSA) is 52.2 Å². The molecule has 1 N–H and O–H groups in total. The number of aromatic amines is 1. The lowest BCUT2D eigenvalue weighted by Crippen LogP contribution is -2.42. The Bertz CT molecular complexity index is 755. The lowest BCUT2D eigenvalue weighted by Gasteiger charge is -2.33. The van der Waals surface area contributed by atoms with Gasteiger partial charge in [-0.2, -0.15) is 5.10 Å². The van der Waals surface area contributed by atoms with E-state index in [1.54, 1.807) is 0 Å². The summed E-state index contributed by atoms with van der Waals surface area (Å²) in [5, 5.41) is 7.76. The van der Waals surface area contributed by atoms with Gasteiger partial charge in [0.15, 0.2) is 0 Å². The molecule has 138 valence electrons. The van der Waals surface area contributed by atoms with Crippen LogP contribution in [0.5, 0.6) is 0 Å². The number of benzene rings is 1. The summed E-state index contributed by atoms with van der Waals surface area (Å²) in [4.78, 5) is 17.3. The number of aromatic nitrogens is 2. The fourth-order valence-electron chi connectivity index (χ4n) is 4.30. The molecule has 0 aliphatic carbocycles. The maximum atomic E-state index is 12.9. The average Bonchev–Trinajstić information content (AvgIpc) is 2.95. The minimum Gasteiger partial charge on any atom is -0.342 e. The van der Waals surface area contributed by atoms with Crippen molar-refractivity contribution in [2.45, 2.75) is 44.6 Å². The molecule has 2 aliphatic rings. The number of H-pyrrole nitrogens is 1. The number of amides is 1. The van der Waals surface area contributed by atoms with E-state index in [4.69, 9.17) is 0 Å². The molecule has 2 aromatic rings. The van der Waals surface area contributed by atoms with E-state index < -0.39 is 0 Å². The number of hydrogen-bond acceptors (Lipinski definition) is 3. The van der Waals surface area contributed by atoms with Crippen LogP contribution in [0.1, 0.15) is 36.9 Å². The van der Waals surface area contributed by atoms with Crippen LogP contribution in [0.3, 0.4) is 0 Å². The molecule has 1 aromatic heterocycles. The molecule has 0 saturated carbocycles. The van der Waals surface area contributed by atoms with Crippen LogP contribution < -0.4 is 0 Å². The second-order valence-electron chi connectivity index (χ2n) is 7.61. The molecule has 0 spiro atoms. The third-order valence-electron chi connectivity index (χ3n) is 5.95. The molecule has 1 unspecified atom stereocenters. The van der Waals surface area contributed by atoms with Gasteiger partial charge in [-0.05, 0) is 32.9 Å². The fraction of sp³-hybridized carbons (Fsp3) is 0.524. The predicted octanol–water partition coefficient (Wildman–Crippen LogP) is 2.88. The second kappa shape index (κ2) is 7.62. The van der Waals surface area contributed by atoms with Gasteiger partial charge in [0.1, 0.15) is 0 Å². The maximum Gasteiger partial charge on any atom is 0.224 e. The smallest absolute Gasteiger partial charge is 0.224 e. The van der Waals surface area contributed by atoms with E-state index in [-0.39, 0.29) is 0 Å². The van der Waals surface area contributed by atoms with E-state index >= 15 is 0 Å². The third kappa shape index (κ3) is 3.54. The predicted molar refractivity (Wildman–Crippen MR) is 103 cm³/mol. The van der Waals surface area contributed by atoms with Crippen molar-refractivity contribution in [2.24, 2.45) is 0 Å². The molecule has 26 heavy (non-hydrogen) atoms. The van der Waals surface area contributed by atoms with Crippen LogP contribution in [-0.4, -0.2) is 58.6 Å². The van der Waals surface area contributed by atoms with E-state index in [0.29, 0.717) is 18.4 Å². The highest BCUT2D eigenvalue weighted by Crippen LogP contribution is 2.27. The normalized spacial score (nSPS) is 21.3. The van der Waals surface area contributed by atoms with Crippen LogP contribution in [0.2, 0.25) is 0 Å². The Morgan fingerprint density at radius 2 is 1.96 bits per heavy atom. The van der Waals surface area contributed by atoms with E-state index in [2.05, 4.69) is 39.2 Å². The number of nitrogens with one attached hydrogen (secondary N) is 1. The van der Waals surface area contributed by atoms with Gasteiger partial charge in [0.05, 0.1) is 5.69 Å². The zero-order valence-electron chi connectivity index (χ0n) is 15.6. The summed E-state index contributed by atoms with van der Waals surface area (Å²) in [5.41, 5.74) is 4.66. The van der Waals surface area contributed by atoms with Crippen LogP contribution in [0.25, 0.3) is 11.3 Å². The number of likely N-dealkylation sites (tertiary alicyclic amines) is 1. The lowest BCUT2D eigenvalue weighted by atomic mass is 9.99. The summed E-state index contributed by atoms with van der Waals surface area (Å²) >= 11 is 0. The van der Waals surface area contributed by atoms with E-state index in [0.717, 1.165) is 50.2 Å². The fourth-order valence-corrected chi connectivity index (χ4v) is 4.30. The third-order valence-corrected chi connectivity index (χ3v) is 5.95. The molecular formula is C21H28N4O. The number of hydrogen-bond donors (Lipinski definition) is 1. The Morgan fingerprint density at radius 1 is 1.15 bits per heavy atom. The summed E-state index contributed by atoms with van der Waals surface area (Å²) in [6.07, 6.45) is 6.06. The monoisotopic (exact) mass is 352 g/mol. The molecule has 5 nitrogen and oxygen atoms in total. The Hall–Kier alpha value is -2.14. The van der Waals surface area contributed by atoms with Crippen molar-refractivity contribution in [1.82, 2.24) is 20.0 Å². The zero-order chi connectivity index (χ0) is 17.9. The number of rotatable bonds is 3. The van der Waals surface area contributed by atoms with Gasteiger partial charge in [0.2, 0.25) is 5.91 Å². The minimum atomic E-state index is 0.308. The number of nitrogens with zero attached hydrogens (tertiary/aromatic N) is 3. The van der Waals surface area contributed by atoms with Gasteiger partial charge >= 0.3 is 0 Å². The summed E-state index contributed by atoms with van der Waals surface area (Å²) in [5.74, 6) is 0.308. The lowest BCUT2D eigenvalue weighted by molar-refractivity contribution is -0.132. The molecule has 0 bridgehead atoms. The van der Waals surface area contributed by atoms with Crippen molar-refractivity contribution in [2.75, 3.05) is 26.7 Å². The van der Waals surface area contributed by atoms with Crippen molar-refractivity contribution >= 4 is 5.91 Å². The first-order valence-corrected chi connectivity index (χ1v) is 9.82. The van der Waals surface area contributed by atoms with Crippen molar-refractivity contribution < 1.29 is 4.79 Å². The molecule has 3 heterocycles. The Balaban J connectivity index is 1.43. The summed E-state index contributed by atoms with van der Waals surface area (Å²) in [6, 6.07) is 10.7. The van der Waals surface area contributed by atoms with Crippen LogP contribution in [0.15, 0.2) is 30.3 Å². The van der Waals surface area contributed by atoms with Crippen molar-refractivity contribution in [1.29, 1.82) is 0 Å². The highest BCUT2D eigenvalue weighted by Gasteiger charge is 2.27. The molecule has 1 aromatic carbocycles. The van der Waals surface area contributed by atoms with Gasteiger partial charge in [-0.15, -0.1) is 0 Å².